The van der Waals surface area contributed by atoms with Crippen LogP contribution in [0.3, 0.4) is 0 Å². The lowest BCUT2D eigenvalue weighted by Crippen LogP contribution is -2.27. The van der Waals surface area contributed by atoms with E-state index < -0.39 is 9.70 Å². The Kier molecular flexibility index (Phi) is 4.52. The predicted octanol–water partition coefficient (Wildman–Crippen LogP) is 5.58. The van der Waals surface area contributed by atoms with Crippen molar-refractivity contribution in [3.05, 3.63) is 48.0 Å². The molecule has 118 valence electrons. The summed E-state index contributed by atoms with van der Waals surface area (Å²) in [5.41, 5.74) is 3.31. The molecule has 0 aliphatic carbocycles. The number of carbonyl (C=O) groups is 1. The fourth-order valence-electron chi connectivity index (χ4n) is 2.08. The Labute approximate surface area is 152 Å². The number of halogens is 3. The van der Waals surface area contributed by atoms with Crippen molar-refractivity contribution in [2.75, 3.05) is 5.32 Å². The molecule has 1 heterocycles. The molecule has 1 amide bonds. The number of hydrogen-bond donors (Lipinski definition) is 1. The van der Waals surface area contributed by atoms with E-state index in [1.807, 2.05) is 49.4 Å². The van der Waals surface area contributed by atoms with E-state index in [1.54, 1.807) is 11.3 Å². The SMILES string of the molecule is Cc1ccc(-c2nc3ccccc3s2)cc1NC(=O)C(Cl)(Cl)Cl. The summed E-state index contributed by atoms with van der Waals surface area (Å²) in [6, 6.07) is 13.6. The summed E-state index contributed by atoms with van der Waals surface area (Å²) in [5, 5.41) is 3.51. The van der Waals surface area contributed by atoms with Gasteiger partial charge < -0.3 is 5.32 Å². The summed E-state index contributed by atoms with van der Waals surface area (Å²) in [6.45, 7) is 1.87. The molecule has 3 aromatic rings. The van der Waals surface area contributed by atoms with Gasteiger partial charge >= 0.3 is 0 Å². The van der Waals surface area contributed by atoms with Crippen LogP contribution in [0, 0.1) is 6.92 Å². The lowest BCUT2D eigenvalue weighted by Gasteiger charge is -2.14. The minimum Gasteiger partial charge on any atom is -0.322 e. The fourth-order valence-corrected chi connectivity index (χ4v) is 3.18. The highest BCUT2D eigenvalue weighted by atomic mass is 35.6. The maximum absolute atomic E-state index is 11.9. The fraction of sp³-hybridized carbons (Fsp3) is 0.125. The molecule has 7 heteroatoms. The number of amides is 1. The van der Waals surface area contributed by atoms with Gasteiger partial charge in [0.25, 0.3) is 9.70 Å². The number of hydrogen-bond acceptors (Lipinski definition) is 3. The van der Waals surface area contributed by atoms with Gasteiger partial charge in [0.1, 0.15) is 5.01 Å². The van der Waals surface area contributed by atoms with Crippen molar-refractivity contribution in [1.82, 2.24) is 4.98 Å². The van der Waals surface area contributed by atoms with Crippen LogP contribution in [-0.4, -0.2) is 14.7 Å². The van der Waals surface area contributed by atoms with E-state index in [2.05, 4.69) is 10.3 Å². The first-order chi connectivity index (χ1) is 10.8. The molecule has 3 nitrogen and oxygen atoms in total. The Bertz CT molecular complexity index is 853. The maximum Gasteiger partial charge on any atom is 0.276 e. The number of carbonyl (C=O) groups excluding carboxylic acids is 1. The van der Waals surface area contributed by atoms with Crippen LogP contribution in [0.25, 0.3) is 20.8 Å². The van der Waals surface area contributed by atoms with Crippen LogP contribution in [0.15, 0.2) is 42.5 Å². The highest BCUT2D eigenvalue weighted by Gasteiger charge is 2.30. The third kappa shape index (κ3) is 3.61. The quantitative estimate of drug-likeness (QED) is 0.585. The van der Waals surface area contributed by atoms with E-state index in [9.17, 15) is 4.79 Å². The zero-order chi connectivity index (χ0) is 16.6. The van der Waals surface area contributed by atoms with Crippen LogP contribution >= 0.6 is 46.1 Å². The van der Waals surface area contributed by atoms with Gasteiger partial charge in [-0.15, -0.1) is 11.3 Å². The normalized spacial score (nSPS) is 11.7. The molecule has 0 aliphatic heterocycles. The van der Waals surface area contributed by atoms with Crippen molar-refractivity contribution in [3.8, 4) is 10.6 Å². The molecule has 1 N–H and O–H groups in total. The first kappa shape index (κ1) is 16.5. The standard InChI is InChI=1S/C16H11Cl3N2OS/c1-9-6-7-10(8-12(9)21-15(22)16(17,18)19)14-20-11-4-2-3-5-13(11)23-14/h2-8H,1H3,(H,21,22). The summed E-state index contributed by atoms with van der Waals surface area (Å²) in [7, 11) is 0. The molecule has 0 aliphatic rings. The molecule has 1 aromatic heterocycles. The number of alkyl halides is 3. The second kappa shape index (κ2) is 6.29. The van der Waals surface area contributed by atoms with E-state index in [0.717, 1.165) is 26.4 Å². The summed E-state index contributed by atoms with van der Waals surface area (Å²) in [5.74, 6) is -0.688. The van der Waals surface area contributed by atoms with E-state index in [1.165, 1.54) is 0 Å². The Morgan fingerprint density at radius 2 is 1.91 bits per heavy atom. The van der Waals surface area contributed by atoms with Crippen LogP contribution in [0.2, 0.25) is 0 Å². The monoisotopic (exact) mass is 384 g/mol. The van der Waals surface area contributed by atoms with Crippen molar-refractivity contribution >= 4 is 68.0 Å². The van der Waals surface area contributed by atoms with Gasteiger partial charge in [0.05, 0.1) is 10.2 Å². The zero-order valence-electron chi connectivity index (χ0n) is 11.9. The van der Waals surface area contributed by atoms with Gasteiger partial charge in [-0.1, -0.05) is 59.1 Å². The summed E-state index contributed by atoms with van der Waals surface area (Å²) in [4.78, 5) is 16.5. The number of thiazole rings is 1. The number of nitrogens with one attached hydrogen (secondary N) is 1. The molecule has 0 unspecified atom stereocenters. The van der Waals surface area contributed by atoms with Gasteiger partial charge in [-0.3, -0.25) is 4.79 Å². The minimum atomic E-state index is -2.00. The molecule has 23 heavy (non-hydrogen) atoms. The number of aromatic nitrogens is 1. The Morgan fingerprint density at radius 1 is 1.17 bits per heavy atom. The van der Waals surface area contributed by atoms with Gasteiger partial charge in [0.2, 0.25) is 0 Å². The van der Waals surface area contributed by atoms with E-state index in [-0.39, 0.29) is 0 Å². The number of aryl methyl sites for hydroxylation is 1. The van der Waals surface area contributed by atoms with Crippen LogP contribution in [0.5, 0.6) is 0 Å². The average Bonchev–Trinajstić information content (AvgIpc) is 2.92. The number of nitrogens with zero attached hydrogens (tertiary/aromatic N) is 1. The Hall–Kier alpha value is -1.33. The molecular formula is C16H11Cl3N2OS. The first-order valence-electron chi connectivity index (χ1n) is 6.69. The van der Waals surface area contributed by atoms with Crippen molar-refractivity contribution in [2.24, 2.45) is 0 Å². The molecule has 0 bridgehead atoms. The minimum absolute atomic E-state index is 0.595. The van der Waals surface area contributed by atoms with Crippen molar-refractivity contribution in [2.45, 2.75) is 10.7 Å². The average molecular weight is 386 g/mol. The predicted molar refractivity (Wildman–Crippen MR) is 98.7 cm³/mol. The van der Waals surface area contributed by atoms with Crippen LogP contribution in [0.1, 0.15) is 5.56 Å². The summed E-state index contributed by atoms with van der Waals surface area (Å²) in [6.07, 6.45) is 0. The molecule has 0 saturated heterocycles. The number of benzene rings is 2. The second-order valence-electron chi connectivity index (χ2n) is 4.97. The molecule has 0 fully saturated rings. The molecule has 0 saturated carbocycles. The highest BCUT2D eigenvalue weighted by Crippen LogP contribution is 2.33. The van der Waals surface area contributed by atoms with Gasteiger partial charge in [0.15, 0.2) is 0 Å². The van der Waals surface area contributed by atoms with Gasteiger partial charge in [-0.2, -0.15) is 0 Å². The number of para-hydroxylation sites is 1. The van der Waals surface area contributed by atoms with Crippen LogP contribution in [0.4, 0.5) is 5.69 Å². The number of anilines is 1. The van der Waals surface area contributed by atoms with Crippen molar-refractivity contribution < 1.29 is 4.79 Å². The molecule has 0 radical (unpaired) electrons. The molecule has 0 spiro atoms. The molecule has 2 aromatic carbocycles. The zero-order valence-corrected chi connectivity index (χ0v) is 15.0. The van der Waals surface area contributed by atoms with Crippen LogP contribution < -0.4 is 5.32 Å². The highest BCUT2D eigenvalue weighted by molar-refractivity contribution is 7.21. The summed E-state index contributed by atoms with van der Waals surface area (Å²) >= 11 is 18.4. The van der Waals surface area contributed by atoms with Gasteiger partial charge in [-0.05, 0) is 30.7 Å². The third-order valence-electron chi connectivity index (χ3n) is 3.28. The van der Waals surface area contributed by atoms with Gasteiger partial charge in [0, 0.05) is 11.3 Å². The second-order valence-corrected chi connectivity index (χ2v) is 8.28. The smallest absolute Gasteiger partial charge is 0.276 e. The first-order valence-corrected chi connectivity index (χ1v) is 8.64. The van der Waals surface area contributed by atoms with E-state index >= 15 is 0 Å². The molecule has 3 rings (SSSR count). The van der Waals surface area contributed by atoms with Crippen molar-refractivity contribution in [1.29, 1.82) is 0 Å². The number of rotatable bonds is 2. The van der Waals surface area contributed by atoms with Gasteiger partial charge in [-0.25, -0.2) is 4.98 Å². The summed E-state index contributed by atoms with van der Waals surface area (Å²) < 4.78 is -0.895. The Morgan fingerprint density at radius 3 is 2.61 bits per heavy atom. The molecular weight excluding hydrogens is 375 g/mol. The van der Waals surface area contributed by atoms with E-state index in [0.29, 0.717) is 5.69 Å². The van der Waals surface area contributed by atoms with E-state index in [4.69, 9.17) is 34.8 Å². The maximum atomic E-state index is 11.9. The molecule has 0 atom stereocenters. The largest absolute Gasteiger partial charge is 0.322 e. The van der Waals surface area contributed by atoms with Crippen molar-refractivity contribution in [3.63, 3.8) is 0 Å². The third-order valence-corrected chi connectivity index (χ3v) is 4.88. The Balaban J connectivity index is 1.98. The van der Waals surface area contributed by atoms with Crippen LogP contribution in [-0.2, 0) is 4.79 Å². The lowest BCUT2D eigenvalue weighted by molar-refractivity contribution is -0.115. The number of fused-ring (bicyclic) bond motifs is 1. The topological polar surface area (TPSA) is 42.0 Å². The lowest BCUT2D eigenvalue weighted by atomic mass is 10.1.